The molecular formula is C19H20O4. The molecule has 0 aliphatic carbocycles. The van der Waals surface area contributed by atoms with Crippen LogP contribution in [0.1, 0.15) is 29.3 Å². The molecule has 2 aromatic carbocycles. The highest BCUT2D eigenvalue weighted by Gasteiger charge is 2.22. The van der Waals surface area contributed by atoms with Gasteiger partial charge in [0.1, 0.15) is 5.75 Å². The van der Waals surface area contributed by atoms with Gasteiger partial charge in [-0.2, -0.15) is 0 Å². The molecule has 2 rings (SSSR count). The largest absolute Gasteiger partial charge is 0.497 e. The highest BCUT2D eigenvalue weighted by molar-refractivity contribution is 6.00. The van der Waals surface area contributed by atoms with Gasteiger partial charge in [0.25, 0.3) is 0 Å². The molecule has 0 aliphatic rings. The Bertz CT molecular complexity index is 647. The molecule has 1 unspecified atom stereocenters. The van der Waals surface area contributed by atoms with Crippen molar-refractivity contribution in [2.75, 3.05) is 7.11 Å². The molecule has 0 N–H and O–H groups in total. The van der Waals surface area contributed by atoms with Gasteiger partial charge < -0.3 is 9.47 Å². The second kappa shape index (κ2) is 8.13. The fourth-order valence-corrected chi connectivity index (χ4v) is 2.22. The highest BCUT2D eigenvalue weighted by atomic mass is 16.5. The minimum atomic E-state index is -0.747. The van der Waals surface area contributed by atoms with Crippen molar-refractivity contribution in [3.05, 3.63) is 65.7 Å². The van der Waals surface area contributed by atoms with Gasteiger partial charge >= 0.3 is 5.97 Å². The molecule has 120 valence electrons. The summed E-state index contributed by atoms with van der Waals surface area (Å²) in [7, 11) is 1.59. The summed E-state index contributed by atoms with van der Waals surface area (Å²) >= 11 is 0. The first-order chi connectivity index (χ1) is 11.1. The van der Waals surface area contributed by atoms with Crippen LogP contribution in [0.5, 0.6) is 5.75 Å². The summed E-state index contributed by atoms with van der Waals surface area (Å²) in [6.45, 7) is 1.83. The summed E-state index contributed by atoms with van der Waals surface area (Å²) in [4.78, 5) is 24.4. The van der Waals surface area contributed by atoms with Gasteiger partial charge in [0.05, 0.1) is 13.5 Å². The van der Waals surface area contributed by atoms with Crippen LogP contribution in [0.3, 0.4) is 0 Å². The summed E-state index contributed by atoms with van der Waals surface area (Å²) in [6, 6.07) is 16.1. The molecule has 4 heteroatoms. The van der Waals surface area contributed by atoms with Crippen molar-refractivity contribution < 1.29 is 19.1 Å². The van der Waals surface area contributed by atoms with Gasteiger partial charge in [0.2, 0.25) is 5.78 Å². The number of methoxy groups -OCH3 is 1. The summed E-state index contributed by atoms with van der Waals surface area (Å²) in [5.74, 6) is 0.148. The molecule has 0 amide bonds. The van der Waals surface area contributed by atoms with Crippen LogP contribution in [-0.2, 0) is 16.0 Å². The van der Waals surface area contributed by atoms with Gasteiger partial charge in [-0.15, -0.1) is 0 Å². The minimum Gasteiger partial charge on any atom is -0.497 e. The summed E-state index contributed by atoms with van der Waals surface area (Å²) < 4.78 is 10.4. The van der Waals surface area contributed by atoms with E-state index in [-0.39, 0.29) is 12.2 Å². The number of ether oxygens (including phenoxy) is 2. The number of Topliss-reactive ketones (excluding diaryl/α,β-unsaturated/α-hetero) is 1. The van der Waals surface area contributed by atoms with Crippen LogP contribution in [0.15, 0.2) is 54.6 Å². The number of benzene rings is 2. The molecule has 0 heterocycles. The lowest BCUT2D eigenvalue weighted by molar-refractivity contribution is -0.146. The third-order valence-electron chi connectivity index (χ3n) is 3.50. The van der Waals surface area contributed by atoms with Crippen LogP contribution < -0.4 is 4.74 Å². The number of hydrogen-bond donors (Lipinski definition) is 0. The van der Waals surface area contributed by atoms with Crippen LogP contribution in [-0.4, -0.2) is 25.0 Å². The zero-order valence-electron chi connectivity index (χ0n) is 13.3. The van der Waals surface area contributed by atoms with E-state index in [1.165, 1.54) is 0 Å². The van der Waals surface area contributed by atoms with Crippen LogP contribution in [0.4, 0.5) is 0 Å². The average molecular weight is 312 g/mol. The molecule has 0 saturated carbocycles. The molecule has 4 nitrogen and oxygen atoms in total. The van der Waals surface area contributed by atoms with E-state index in [9.17, 15) is 9.59 Å². The Morgan fingerprint density at radius 3 is 2.22 bits per heavy atom. The first kappa shape index (κ1) is 16.7. The van der Waals surface area contributed by atoms with Crippen LogP contribution in [0.2, 0.25) is 0 Å². The lowest BCUT2D eigenvalue weighted by Crippen LogP contribution is -2.27. The van der Waals surface area contributed by atoms with Crippen LogP contribution in [0.25, 0.3) is 0 Å². The standard InChI is InChI=1S/C19H20O4/c1-3-17(19(21)15-7-5-4-6-8-15)23-18(20)13-14-9-11-16(22-2)12-10-14/h4-12,17H,3,13H2,1-2H3. The van der Waals surface area contributed by atoms with Crippen molar-refractivity contribution in [3.63, 3.8) is 0 Å². The third kappa shape index (κ3) is 4.68. The SMILES string of the molecule is CCC(OC(=O)Cc1ccc(OC)cc1)C(=O)c1ccccc1. The fourth-order valence-electron chi connectivity index (χ4n) is 2.22. The maximum Gasteiger partial charge on any atom is 0.310 e. The number of esters is 1. The van der Waals surface area contributed by atoms with E-state index in [0.29, 0.717) is 12.0 Å². The summed E-state index contributed by atoms with van der Waals surface area (Å²) in [5, 5.41) is 0. The molecule has 23 heavy (non-hydrogen) atoms. The second-order valence-electron chi connectivity index (χ2n) is 5.14. The molecule has 0 spiro atoms. The molecule has 0 fully saturated rings. The van der Waals surface area contributed by atoms with E-state index in [4.69, 9.17) is 9.47 Å². The maximum absolute atomic E-state index is 12.4. The lowest BCUT2D eigenvalue weighted by Gasteiger charge is -2.15. The zero-order chi connectivity index (χ0) is 16.7. The van der Waals surface area contributed by atoms with E-state index in [0.717, 1.165) is 11.3 Å². The lowest BCUT2D eigenvalue weighted by atomic mass is 10.0. The number of carbonyl (C=O) groups excluding carboxylic acids is 2. The molecule has 2 aromatic rings. The molecule has 0 bridgehead atoms. The topological polar surface area (TPSA) is 52.6 Å². The Morgan fingerprint density at radius 1 is 1.00 bits per heavy atom. The quantitative estimate of drug-likeness (QED) is 0.580. The Hall–Kier alpha value is -2.62. The van der Waals surface area contributed by atoms with Crippen molar-refractivity contribution in [1.29, 1.82) is 0 Å². The van der Waals surface area contributed by atoms with Gasteiger partial charge in [-0.25, -0.2) is 0 Å². The van der Waals surface area contributed by atoms with Crippen molar-refractivity contribution in [3.8, 4) is 5.75 Å². The molecule has 0 saturated heterocycles. The zero-order valence-corrected chi connectivity index (χ0v) is 13.3. The Labute approximate surface area is 136 Å². The Kier molecular flexibility index (Phi) is 5.92. The van der Waals surface area contributed by atoms with Crippen LogP contribution >= 0.6 is 0 Å². The number of ketones is 1. The van der Waals surface area contributed by atoms with Crippen molar-refractivity contribution in [1.82, 2.24) is 0 Å². The number of carbonyl (C=O) groups is 2. The smallest absolute Gasteiger partial charge is 0.310 e. The van der Waals surface area contributed by atoms with E-state index < -0.39 is 12.1 Å². The predicted molar refractivity (Wildman–Crippen MR) is 87.6 cm³/mol. The van der Waals surface area contributed by atoms with Crippen molar-refractivity contribution in [2.45, 2.75) is 25.9 Å². The molecule has 1 atom stereocenters. The van der Waals surface area contributed by atoms with E-state index >= 15 is 0 Å². The van der Waals surface area contributed by atoms with Gasteiger partial charge in [-0.1, -0.05) is 49.4 Å². The average Bonchev–Trinajstić information content (AvgIpc) is 2.60. The van der Waals surface area contributed by atoms with Gasteiger partial charge in [-0.05, 0) is 24.1 Å². The van der Waals surface area contributed by atoms with E-state index in [1.54, 1.807) is 55.6 Å². The van der Waals surface area contributed by atoms with E-state index in [1.807, 2.05) is 13.0 Å². The van der Waals surface area contributed by atoms with Gasteiger partial charge in [0.15, 0.2) is 6.10 Å². The first-order valence-corrected chi connectivity index (χ1v) is 7.55. The molecule has 0 radical (unpaired) electrons. The van der Waals surface area contributed by atoms with Crippen molar-refractivity contribution >= 4 is 11.8 Å². The highest BCUT2D eigenvalue weighted by Crippen LogP contribution is 2.14. The van der Waals surface area contributed by atoms with Crippen molar-refractivity contribution in [2.24, 2.45) is 0 Å². The minimum absolute atomic E-state index is 0.128. The normalized spacial score (nSPS) is 11.6. The number of rotatable bonds is 7. The summed E-state index contributed by atoms with van der Waals surface area (Å²) in [5.41, 5.74) is 1.37. The fraction of sp³-hybridized carbons (Fsp3) is 0.263. The third-order valence-corrected chi connectivity index (χ3v) is 3.50. The molecular weight excluding hydrogens is 292 g/mol. The first-order valence-electron chi connectivity index (χ1n) is 7.55. The number of hydrogen-bond acceptors (Lipinski definition) is 4. The van der Waals surface area contributed by atoms with Gasteiger partial charge in [0, 0.05) is 5.56 Å². The van der Waals surface area contributed by atoms with Crippen LogP contribution in [0, 0.1) is 0 Å². The van der Waals surface area contributed by atoms with Gasteiger partial charge in [-0.3, -0.25) is 9.59 Å². The predicted octanol–water partition coefficient (Wildman–Crippen LogP) is 3.44. The van der Waals surface area contributed by atoms with E-state index in [2.05, 4.69) is 0 Å². The second-order valence-corrected chi connectivity index (χ2v) is 5.14. The maximum atomic E-state index is 12.4. The monoisotopic (exact) mass is 312 g/mol. The Balaban J connectivity index is 1.97. The summed E-state index contributed by atoms with van der Waals surface area (Å²) in [6.07, 6.45) is -0.173. The molecule has 0 aromatic heterocycles. The Morgan fingerprint density at radius 2 is 1.65 bits per heavy atom. The molecule has 0 aliphatic heterocycles.